The number of aliphatic hydroxyl groups is 1. The molecule has 0 bridgehead atoms. The van der Waals surface area contributed by atoms with E-state index in [9.17, 15) is 15.0 Å². The van der Waals surface area contributed by atoms with Gasteiger partial charge >= 0.3 is 18.9 Å². The van der Waals surface area contributed by atoms with Crippen LogP contribution in [-0.4, -0.2) is 16.1 Å². The maximum absolute atomic E-state index is 10.3. The fraction of sp³-hybridized carbons (Fsp3) is 0.333. The van der Waals surface area contributed by atoms with Gasteiger partial charge in [0.05, 0.1) is 11.7 Å². The van der Waals surface area contributed by atoms with Crippen molar-refractivity contribution in [2.75, 3.05) is 0 Å². The van der Waals surface area contributed by atoms with Crippen LogP contribution in [0.15, 0.2) is 18.3 Å². The molecule has 0 fully saturated rings. The van der Waals surface area contributed by atoms with Crippen LogP contribution in [0.5, 0.6) is 0 Å². The maximum atomic E-state index is 10.3. The van der Waals surface area contributed by atoms with E-state index < -0.39 is 11.6 Å². The van der Waals surface area contributed by atoms with Crippen LogP contribution < -0.4 is 24.0 Å². The van der Waals surface area contributed by atoms with Crippen LogP contribution in [0.4, 0.5) is 0 Å². The Labute approximate surface area is 94.2 Å². The molecule has 0 amide bonds. The molecule has 0 aliphatic rings. The Balaban J connectivity index is 0.00000169. The van der Waals surface area contributed by atoms with Crippen molar-refractivity contribution in [1.29, 1.82) is 0 Å². The SMILES string of the molecule is CC(C)(O)c1ccc(C(=O)[O-])cn1.[Li+]. The molecule has 14 heavy (non-hydrogen) atoms. The van der Waals surface area contributed by atoms with Crippen molar-refractivity contribution >= 4 is 5.97 Å². The number of aromatic carboxylic acids is 1. The smallest absolute Gasteiger partial charge is 0.545 e. The number of hydrogen-bond donors (Lipinski definition) is 1. The third kappa shape index (κ3) is 3.15. The molecular weight excluding hydrogens is 177 g/mol. The number of carbonyl (C=O) groups excluding carboxylic acids is 1. The van der Waals surface area contributed by atoms with Crippen LogP contribution in [0.3, 0.4) is 0 Å². The number of aromatic nitrogens is 1. The summed E-state index contributed by atoms with van der Waals surface area (Å²) in [5.74, 6) is -1.27. The molecule has 0 aliphatic carbocycles. The molecule has 5 heteroatoms. The van der Waals surface area contributed by atoms with E-state index in [2.05, 4.69) is 4.98 Å². The fourth-order valence-corrected chi connectivity index (χ4v) is 0.877. The Hall–Kier alpha value is -0.823. The molecule has 0 atom stereocenters. The first kappa shape index (κ1) is 13.2. The average Bonchev–Trinajstić information content (AvgIpc) is 2.03. The normalized spacial score (nSPS) is 10.5. The van der Waals surface area contributed by atoms with Crippen molar-refractivity contribution in [2.45, 2.75) is 19.4 Å². The minimum atomic E-state index is -1.27. The summed E-state index contributed by atoms with van der Waals surface area (Å²) in [6.07, 6.45) is 1.17. The zero-order valence-electron chi connectivity index (χ0n) is 8.44. The van der Waals surface area contributed by atoms with E-state index in [1.165, 1.54) is 18.3 Å². The second-order valence-electron chi connectivity index (χ2n) is 3.28. The Morgan fingerprint density at radius 2 is 2.07 bits per heavy atom. The Morgan fingerprint density at radius 1 is 1.50 bits per heavy atom. The van der Waals surface area contributed by atoms with Gasteiger partial charge < -0.3 is 15.0 Å². The Kier molecular flexibility index (Phi) is 4.33. The number of carboxylic acids is 1. The van der Waals surface area contributed by atoms with Gasteiger partial charge in [0.25, 0.3) is 0 Å². The molecule has 0 saturated carbocycles. The number of hydrogen-bond acceptors (Lipinski definition) is 4. The monoisotopic (exact) mass is 187 g/mol. The molecule has 0 radical (unpaired) electrons. The summed E-state index contributed by atoms with van der Waals surface area (Å²) in [6.45, 7) is 3.15. The summed E-state index contributed by atoms with van der Waals surface area (Å²) in [7, 11) is 0. The third-order valence-corrected chi connectivity index (χ3v) is 1.63. The number of carbonyl (C=O) groups is 1. The summed E-state index contributed by atoms with van der Waals surface area (Å²) >= 11 is 0. The van der Waals surface area contributed by atoms with Crippen molar-refractivity contribution in [3.05, 3.63) is 29.6 Å². The minimum Gasteiger partial charge on any atom is -0.545 e. The van der Waals surface area contributed by atoms with E-state index in [0.717, 1.165) is 0 Å². The van der Waals surface area contributed by atoms with Gasteiger partial charge in [-0.25, -0.2) is 0 Å². The standard InChI is InChI=1S/C9H11NO3.Li/c1-9(2,13)7-4-3-6(5-10-7)8(11)12;/h3-5,13H,1-2H3,(H,11,12);/q;+1/p-1. The molecule has 0 aliphatic heterocycles. The first-order valence-corrected chi connectivity index (χ1v) is 3.81. The van der Waals surface area contributed by atoms with Crippen LogP contribution >= 0.6 is 0 Å². The van der Waals surface area contributed by atoms with E-state index in [4.69, 9.17) is 0 Å². The topological polar surface area (TPSA) is 73.2 Å². The van der Waals surface area contributed by atoms with Gasteiger partial charge in [0.2, 0.25) is 0 Å². The molecule has 1 aromatic rings. The molecule has 70 valence electrons. The Bertz CT molecular complexity index is 316. The van der Waals surface area contributed by atoms with E-state index >= 15 is 0 Å². The molecule has 4 nitrogen and oxygen atoms in total. The Morgan fingerprint density at radius 3 is 2.36 bits per heavy atom. The second-order valence-corrected chi connectivity index (χ2v) is 3.28. The average molecular weight is 187 g/mol. The maximum Gasteiger partial charge on any atom is 1.00 e. The van der Waals surface area contributed by atoms with Gasteiger partial charge in [0, 0.05) is 11.8 Å². The number of carboxylic acid groups (broad SMARTS) is 1. The van der Waals surface area contributed by atoms with Crippen LogP contribution in [-0.2, 0) is 5.60 Å². The molecule has 1 N–H and O–H groups in total. The zero-order valence-corrected chi connectivity index (χ0v) is 8.44. The van der Waals surface area contributed by atoms with E-state index in [0.29, 0.717) is 5.69 Å². The number of nitrogens with zero attached hydrogens (tertiary/aromatic N) is 1. The predicted molar refractivity (Wildman–Crippen MR) is 43.8 cm³/mol. The number of pyridine rings is 1. The van der Waals surface area contributed by atoms with Crippen molar-refractivity contribution in [3.8, 4) is 0 Å². The molecular formula is C9H10LiNO3. The van der Waals surface area contributed by atoms with Gasteiger partial charge in [0.1, 0.15) is 5.60 Å². The van der Waals surface area contributed by atoms with Gasteiger partial charge in [-0.2, -0.15) is 0 Å². The molecule has 1 aromatic heterocycles. The third-order valence-electron chi connectivity index (χ3n) is 1.63. The van der Waals surface area contributed by atoms with Crippen molar-refractivity contribution in [1.82, 2.24) is 4.98 Å². The van der Waals surface area contributed by atoms with Gasteiger partial charge in [-0.1, -0.05) is 0 Å². The van der Waals surface area contributed by atoms with Crippen LogP contribution in [0.1, 0.15) is 29.9 Å². The fourth-order valence-electron chi connectivity index (χ4n) is 0.877. The molecule has 0 aromatic carbocycles. The summed E-state index contributed by atoms with van der Waals surface area (Å²) in [5, 5.41) is 19.8. The van der Waals surface area contributed by atoms with Crippen LogP contribution in [0, 0.1) is 0 Å². The van der Waals surface area contributed by atoms with Crippen LogP contribution in [0.25, 0.3) is 0 Å². The van der Waals surface area contributed by atoms with Gasteiger partial charge in [-0.05, 0) is 26.0 Å². The minimum absolute atomic E-state index is 0. The first-order valence-electron chi connectivity index (χ1n) is 3.81. The van der Waals surface area contributed by atoms with Crippen molar-refractivity contribution in [2.24, 2.45) is 0 Å². The van der Waals surface area contributed by atoms with E-state index in [1.807, 2.05) is 0 Å². The zero-order chi connectivity index (χ0) is 10.1. The van der Waals surface area contributed by atoms with E-state index in [1.54, 1.807) is 13.8 Å². The summed E-state index contributed by atoms with van der Waals surface area (Å²) in [5.41, 5.74) is -0.615. The quantitative estimate of drug-likeness (QED) is 0.492. The molecule has 0 unspecified atom stereocenters. The summed E-state index contributed by atoms with van der Waals surface area (Å²) < 4.78 is 0. The second kappa shape index (κ2) is 4.60. The van der Waals surface area contributed by atoms with Gasteiger partial charge in [-0.15, -0.1) is 0 Å². The molecule has 1 heterocycles. The summed E-state index contributed by atoms with van der Waals surface area (Å²) in [6, 6.07) is 2.82. The van der Waals surface area contributed by atoms with Gasteiger partial charge in [-0.3, -0.25) is 4.98 Å². The molecule has 1 rings (SSSR count). The predicted octanol–water partition coefficient (Wildman–Crippen LogP) is -3.32. The number of rotatable bonds is 2. The van der Waals surface area contributed by atoms with Crippen molar-refractivity contribution < 1.29 is 33.9 Å². The molecule has 0 spiro atoms. The largest absolute Gasteiger partial charge is 1.00 e. The van der Waals surface area contributed by atoms with Crippen LogP contribution in [0.2, 0.25) is 0 Å². The van der Waals surface area contributed by atoms with Crippen molar-refractivity contribution in [3.63, 3.8) is 0 Å². The first-order chi connectivity index (χ1) is 5.91. The summed E-state index contributed by atoms with van der Waals surface area (Å²) in [4.78, 5) is 14.1. The molecule has 0 saturated heterocycles. The van der Waals surface area contributed by atoms with E-state index in [-0.39, 0.29) is 24.4 Å². The van der Waals surface area contributed by atoms with Gasteiger partial charge in [0.15, 0.2) is 0 Å².